The van der Waals surface area contributed by atoms with Gasteiger partial charge in [-0.1, -0.05) is 66.7 Å². The molecular weight excluding hydrogens is 434 g/mol. The maximum Gasteiger partial charge on any atom is 0.266 e. The molecule has 0 amide bonds. The van der Waals surface area contributed by atoms with E-state index in [2.05, 4.69) is 12.1 Å². The van der Waals surface area contributed by atoms with Crippen LogP contribution in [0.2, 0.25) is 0 Å². The second kappa shape index (κ2) is 7.30. The van der Waals surface area contributed by atoms with E-state index in [1.165, 1.54) is 0 Å². The molecule has 7 rings (SSSR count). The van der Waals surface area contributed by atoms with Gasteiger partial charge in [-0.2, -0.15) is 0 Å². The van der Waals surface area contributed by atoms with Gasteiger partial charge in [0.2, 0.25) is 0 Å². The van der Waals surface area contributed by atoms with Crippen LogP contribution in [0.15, 0.2) is 125 Å². The van der Waals surface area contributed by atoms with Crippen molar-refractivity contribution in [3.05, 3.63) is 136 Å². The van der Waals surface area contributed by atoms with Crippen molar-refractivity contribution in [3.8, 4) is 22.5 Å². The minimum absolute atomic E-state index is 0.141. The number of hydrogen-bond donors (Lipinski definition) is 0. The number of hydrogen-bond acceptors (Lipinski definition) is 2. The summed E-state index contributed by atoms with van der Waals surface area (Å²) in [6.07, 6.45) is 0. The van der Waals surface area contributed by atoms with E-state index in [9.17, 15) is 9.59 Å². The van der Waals surface area contributed by atoms with Crippen LogP contribution in [-0.2, 0) is 0 Å². The molecule has 0 aliphatic rings. The lowest BCUT2D eigenvalue weighted by atomic mass is 10.1. The molecule has 0 saturated heterocycles. The first kappa shape index (κ1) is 19.6. The molecule has 35 heavy (non-hydrogen) atoms. The van der Waals surface area contributed by atoms with E-state index in [-0.39, 0.29) is 11.1 Å². The molecule has 0 bridgehead atoms. The fourth-order valence-electron chi connectivity index (χ4n) is 5.10. The zero-order valence-electron chi connectivity index (χ0n) is 18.6. The summed E-state index contributed by atoms with van der Waals surface area (Å²) in [5.74, 6) is 0. The van der Waals surface area contributed by atoms with E-state index in [0.717, 1.165) is 22.5 Å². The van der Waals surface area contributed by atoms with Crippen LogP contribution in [0.1, 0.15) is 0 Å². The number of rotatable bonds is 3. The van der Waals surface area contributed by atoms with Gasteiger partial charge >= 0.3 is 0 Å². The van der Waals surface area contributed by atoms with E-state index in [1.54, 1.807) is 27.3 Å². The maximum atomic E-state index is 13.9. The Morgan fingerprint density at radius 3 is 1.63 bits per heavy atom. The van der Waals surface area contributed by atoms with Crippen LogP contribution in [0.4, 0.5) is 0 Å². The zero-order chi connectivity index (χ0) is 23.5. The molecule has 166 valence electrons. The van der Waals surface area contributed by atoms with Crippen LogP contribution in [-0.4, -0.2) is 13.5 Å². The first-order valence-electron chi connectivity index (χ1n) is 11.5. The van der Waals surface area contributed by atoms with Crippen molar-refractivity contribution in [2.24, 2.45) is 0 Å². The third kappa shape index (κ3) is 2.75. The molecule has 0 N–H and O–H groups in total. The molecule has 4 aromatic carbocycles. The Balaban J connectivity index is 1.62. The molecule has 5 heteroatoms. The Bertz CT molecular complexity index is 1980. The van der Waals surface area contributed by atoms with Crippen molar-refractivity contribution in [2.75, 3.05) is 0 Å². The van der Waals surface area contributed by atoms with E-state index < -0.39 is 0 Å². The van der Waals surface area contributed by atoms with Gasteiger partial charge in [0.15, 0.2) is 0 Å². The van der Waals surface area contributed by atoms with Crippen molar-refractivity contribution in [3.63, 3.8) is 0 Å². The van der Waals surface area contributed by atoms with Gasteiger partial charge in [-0.3, -0.25) is 23.1 Å². The molecule has 0 radical (unpaired) electrons. The monoisotopic (exact) mass is 453 g/mol. The third-order valence-corrected chi connectivity index (χ3v) is 6.65. The van der Waals surface area contributed by atoms with Crippen LogP contribution in [0.5, 0.6) is 0 Å². The van der Waals surface area contributed by atoms with E-state index in [4.69, 9.17) is 0 Å². The van der Waals surface area contributed by atoms with Gasteiger partial charge in [0.05, 0.1) is 27.7 Å². The van der Waals surface area contributed by atoms with Crippen LogP contribution in [0.3, 0.4) is 0 Å². The highest BCUT2D eigenvalue weighted by atomic mass is 16.1. The fraction of sp³-hybridized carbons (Fsp3) is 0. The molecule has 0 fully saturated rings. The number of benzene rings is 4. The smallest absolute Gasteiger partial charge is 0.266 e. The Morgan fingerprint density at radius 2 is 0.971 bits per heavy atom. The van der Waals surface area contributed by atoms with Gasteiger partial charge in [-0.05, 0) is 59.7 Å². The zero-order valence-corrected chi connectivity index (χ0v) is 18.6. The predicted octanol–water partition coefficient (Wildman–Crippen LogP) is 5.65. The Labute approximate surface area is 199 Å². The molecule has 7 aromatic rings. The highest BCUT2D eigenvalue weighted by Crippen LogP contribution is 2.28. The summed E-state index contributed by atoms with van der Waals surface area (Å²) in [7, 11) is 0. The molecule has 0 spiro atoms. The Kier molecular flexibility index (Phi) is 4.08. The summed E-state index contributed by atoms with van der Waals surface area (Å²) in [5.41, 5.74) is 5.46. The number of aromatic nitrogens is 3. The van der Waals surface area contributed by atoms with Gasteiger partial charge in [-0.25, -0.2) is 0 Å². The van der Waals surface area contributed by atoms with Crippen LogP contribution in [0.25, 0.3) is 50.1 Å². The maximum absolute atomic E-state index is 13.9. The van der Waals surface area contributed by atoms with Gasteiger partial charge in [0.25, 0.3) is 11.1 Å². The highest BCUT2D eigenvalue weighted by molar-refractivity contribution is 5.98. The number of nitrogens with zero attached hydrogens (tertiary/aromatic N) is 3. The molecule has 0 saturated carbocycles. The van der Waals surface area contributed by atoms with Crippen LogP contribution < -0.4 is 11.1 Å². The topological polar surface area (TPSA) is 48.4 Å². The molecule has 3 heterocycles. The van der Waals surface area contributed by atoms with Crippen molar-refractivity contribution in [1.29, 1.82) is 0 Å². The lowest BCUT2D eigenvalue weighted by molar-refractivity contribution is 0.965. The highest BCUT2D eigenvalue weighted by Gasteiger charge is 2.21. The van der Waals surface area contributed by atoms with Gasteiger partial charge < -0.3 is 0 Å². The molecule has 0 atom stereocenters. The fourth-order valence-corrected chi connectivity index (χ4v) is 5.10. The molecule has 5 nitrogen and oxygen atoms in total. The van der Waals surface area contributed by atoms with Crippen molar-refractivity contribution < 1.29 is 0 Å². The van der Waals surface area contributed by atoms with E-state index >= 15 is 0 Å². The van der Waals surface area contributed by atoms with Gasteiger partial charge in [0, 0.05) is 0 Å². The summed E-state index contributed by atoms with van der Waals surface area (Å²) in [5, 5.41) is 1.03. The standard InChI is InChI=1S/C30H19N3O2/c34-29-24-15-8-16-25-28(24)33-26(31(29)22-12-5-2-6-13-22)17-18-27(33)32(30(25)35)23-14-7-11-21(19-23)20-9-3-1-4-10-20/h1-19H. The average Bonchev–Trinajstić information content (AvgIpc) is 3.34. The van der Waals surface area contributed by atoms with Crippen molar-refractivity contribution in [2.45, 2.75) is 0 Å². The van der Waals surface area contributed by atoms with Crippen molar-refractivity contribution in [1.82, 2.24) is 13.5 Å². The summed E-state index contributed by atoms with van der Waals surface area (Å²) >= 11 is 0. The minimum Gasteiger partial charge on any atom is -0.279 e. The molecule has 0 aliphatic heterocycles. The predicted molar refractivity (Wildman–Crippen MR) is 140 cm³/mol. The van der Waals surface area contributed by atoms with E-state index in [0.29, 0.717) is 27.6 Å². The second-order valence-electron chi connectivity index (χ2n) is 8.62. The first-order valence-corrected chi connectivity index (χ1v) is 11.5. The SMILES string of the molecule is O=c1c2cccc3c(=O)n(-c4cccc(-c5ccccc5)c4)c4ccc(n1-c1ccccc1)n4c23. The van der Waals surface area contributed by atoms with Gasteiger partial charge in [0.1, 0.15) is 11.3 Å². The quantitative estimate of drug-likeness (QED) is 0.347. The summed E-state index contributed by atoms with van der Waals surface area (Å²) in [6.45, 7) is 0. The lowest BCUT2D eigenvalue weighted by Gasteiger charge is -2.17. The second-order valence-corrected chi connectivity index (χ2v) is 8.62. The molecule has 3 aromatic heterocycles. The Morgan fingerprint density at radius 1 is 0.457 bits per heavy atom. The normalized spacial score (nSPS) is 11.7. The molecule has 0 aliphatic carbocycles. The summed E-state index contributed by atoms with van der Waals surface area (Å²) < 4.78 is 5.47. The van der Waals surface area contributed by atoms with Crippen molar-refractivity contribution >= 4 is 27.6 Å². The van der Waals surface area contributed by atoms with Gasteiger partial charge in [-0.15, -0.1) is 0 Å². The third-order valence-electron chi connectivity index (χ3n) is 6.65. The first-order chi connectivity index (χ1) is 17.2. The minimum atomic E-state index is -0.148. The Hall–Kier alpha value is -4.90. The number of para-hydroxylation sites is 2. The van der Waals surface area contributed by atoms with Crippen LogP contribution >= 0.6 is 0 Å². The molecular formula is C30H19N3O2. The lowest BCUT2D eigenvalue weighted by Crippen LogP contribution is -2.26. The van der Waals surface area contributed by atoms with E-state index in [1.807, 2.05) is 89.3 Å². The summed E-state index contributed by atoms with van der Waals surface area (Å²) in [6, 6.07) is 36.9. The largest absolute Gasteiger partial charge is 0.279 e. The summed E-state index contributed by atoms with van der Waals surface area (Å²) in [4.78, 5) is 27.5. The van der Waals surface area contributed by atoms with Crippen LogP contribution in [0, 0.1) is 0 Å². The molecule has 0 unspecified atom stereocenters. The average molecular weight is 454 g/mol.